The predicted molar refractivity (Wildman–Crippen MR) is 69.6 cm³/mol. The SMILES string of the molecule is O=C(O)c1csc(C(=O)NCCOC2CCCC2)n1. The second-order valence-electron chi connectivity index (χ2n) is 4.38. The minimum atomic E-state index is -1.13. The van der Waals surface area contributed by atoms with Gasteiger partial charge in [0.05, 0.1) is 12.7 Å². The van der Waals surface area contributed by atoms with Crippen molar-refractivity contribution in [2.24, 2.45) is 0 Å². The molecule has 0 radical (unpaired) electrons. The Morgan fingerprint density at radius 1 is 1.47 bits per heavy atom. The molecule has 19 heavy (non-hydrogen) atoms. The smallest absolute Gasteiger partial charge is 0.355 e. The molecule has 6 nitrogen and oxygen atoms in total. The lowest BCUT2D eigenvalue weighted by molar-refractivity contribution is 0.0581. The second kappa shape index (κ2) is 6.63. The lowest BCUT2D eigenvalue weighted by atomic mass is 10.3. The van der Waals surface area contributed by atoms with Crippen LogP contribution in [0.1, 0.15) is 46.0 Å². The average molecular weight is 284 g/mol. The number of hydrogen-bond donors (Lipinski definition) is 2. The van der Waals surface area contributed by atoms with Crippen molar-refractivity contribution in [3.63, 3.8) is 0 Å². The molecule has 0 saturated heterocycles. The van der Waals surface area contributed by atoms with E-state index in [0.717, 1.165) is 24.2 Å². The Bertz CT molecular complexity index is 454. The number of amides is 1. The highest BCUT2D eigenvalue weighted by Crippen LogP contribution is 2.20. The zero-order valence-electron chi connectivity index (χ0n) is 10.4. The number of thiazole rings is 1. The van der Waals surface area contributed by atoms with E-state index in [0.29, 0.717) is 19.3 Å². The van der Waals surface area contributed by atoms with Gasteiger partial charge in [-0.1, -0.05) is 12.8 Å². The van der Waals surface area contributed by atoms with Crippen LogP contribution in [0.3, 0.4) is 0 Å². The lowest BCUT2D eigenvalue weighted by Crippen LogP contribution is -2.28. The molecule has 0 aromatic carbocycles. The first-order chi connectivity index (χ1) is 9.16. The Morgan fingerprint density at radius 2 is 2.21 bits per heavy atom. The van der Waals surface area contributed by atoms with E-state index in [1.54, 1.807) is 0 Å². The fraction of sp³-hybridized carbons (Fsp3) is 0.583. The van der Waals surface area contributed by atoms with Gasteiger partial charge in [0.2, 0.25) is 0 Å². The van der Waals surface area contributed by atoms with Crippen molar-refractivity contribution in [3.8, 4) is 0 Å². The van der Waals surface area contributed by atoms with E-state index in [9.17, 15) is 9.59 Å². The Hall–Kier alpha value is -1.47. The summed E-state index contributed by atoms with van der Waals surface area (Å²) < 4.78 is 5.61. The molecular formula is C12H16N2O4S. The van der Waals surface area contributed by atoms with Crippen LogP contribution in [0.5, 0.6) is 0 Å². The molecule has 0 bridgehead atoms. The normalized spacial score (nSPS) is 15.6. The van der Waals surface area contributed by atoms with Gasteiger partial charge in [-0.2, -0.15) is 0 Å². The number of aromatic carboxylic acids is 1. The number of nitrogens with one attached hydrogen (secondary N) is 1. The summed E-state index contributed by atoms with van der Waals surface area (Å²) in [6, 6.07) is 0. The molecule has 1 aromatic heterocycles. The number of nitrogens with zero attached hydrogens (tertiary/aromatic N) is 1. The van der Waals surface area contributed by atoms with Crippen molar-refractivity contribution >= 4 is 23.2 Å². The van der Waals surface area contributed by atoms with Crippen LogP contribution in [0.15, 0.2) is 5.38 Å². The van der Waals surface area contributed by atoms with E-state index < -0.39 is 5.97 Å². The molecule has 0 spiro atoms. The maximum atomic E-state index is 11.7. The molecule has 2 rings (SSSR count). The van der Waals surface area contributed by atoms with E-state index in [1.807, 2.05) is 0 Å². The van der Waals surface area contributed by atoms with E-state index >= 15 is 0 Å². The van der Waals surface area contributed by atoms with Gasteiger partial charge in [-0.3, -0.25) is 4.79 Å². The molecule has 1 aliphatic rings. The van der Waals surface area contributed by atoms with Crippen LogP contribution in [0, 0.1) is 0 Å². The molecule has 1 heterocycles. The number of hydrogen-bond acceptors (Lipinski definition) is 5. The molecule has 1 aliphatic carbocycles. The number of rotatable bonds is 6. The summed E-state index contributed by atoms with van der Waals surface area (Å²) in [6.07, 6.45) is 4.96. The Balaban J connectivity index is 1.69. The first kappa shape index (κ1) is 14.0. The summed E-state index contributed by atoms with van der Waals surface area (Å²) in [5.74, 6) is -1.48. The molecule has 0 atom stereocenters. The third-order valence-electron chi connectivity index (χ3n) is 2.96. The van der Waals surface area contributed by atoms with E-state index in [4.69, 9.17) is 9.84 Å². The Labute approximate surface area is 114 Å². The van der Waals surface area contributed by atoms with Gasteiger partial charge in [-0.05, 0) is 12.8 Å². The molecular weight excluding hydrogens is 268 g/mol. The number of carbonyl (C=O) groups is 2. The van der Waals surface area contributed by atoms with E-state index in [-0.39, 0.29) is 16.6 Å². The maximum absolute atomic E-state index is 11.7. The maximum Gasteiger partial charge on any atom is 0.355 e. The topological polar surface area (TPSA) is 88.5 Å². The Morgan fingerprint density at radius 3 is 2.84 bits per heavy atom. The van der Waals surface area contributed by atoms with Gasteiger partial charge in [0.1, 0.15) is 0 Å². The highest BCUT2D eigenvalue weighted by atomic mass is 32.1. The first-order valence-corrected chi connectivity index (χ1v) is 7.13. The van der Waals surface area contributed by atoms with Crippen LogP contribution >= 0.6 is 11.3 Å². The summed E-state index contributed by atoms with van der Waals surface area (Å²) in [5.41, 5.74) is -0.0997. The molecule has 1 aromatic rings. The number of ether oxygens (including phenoxy) is 1. The third kappa shape index (κ3) is 4.00. The highest BCUT2D eigenvalue weighted by Gasteiger charge is 2.16. The van der Waals surface area contributed by atoms with Crippen molar-refractivity contribution in [1.82, 2.24) is 10.3 Å². The van der Waals surface area contributed by atoms with Gasteiger partial charge in [0.15, 0.2) is 10.7 Å². The number of carbonyl (C=O) groups excluding carboxylic acids is 1. The summed E-state index contributed by atoms with van der Waals surface area (Å²) in [5, 5.41) is 12.9. The molecule has 1 fully saturated rings. The number of carboxylic acids is 1. The van der Waals surface area contributed by atoms with Crippen LogP contribution in [0.25, 0.3) is 0 Å². The van der Waals surface area contributed by atoms with Crippen molar-refractivity contribution in [2.45, 2.75) is 31.8 Å². The van der Waals surface area contributed by atoms with E-state index in [2.05, 4.69) is 10.3 Å². The average Bonchev–Trinajstić information content (AvgIpc) is 3.05. The summed E-state index contributed by atoms with van der Waals surface area (Å²) in [6.45, 7) is 0.894. The van der Waals surface area contributed by atoms with Gasteiger partial charge in [0, 0.05) is 11.9 Å². The largest absolute Gasteiger partial charge is 0.476 e. The first-order valence-electron chi connectivity index (χ1n) is 6.25. The van der Waals surface area contributed by atoms with Crippen molar-refractivity contribution in [3.05, 3.63) is 16.1 Å². The van der Waals surface area contributed by atoms with Gasteiger partial charge in [-0.25, -0.2) is 9.78 Å². The molecule has 7 heteroatoms. The van der Waals surface area contributed by atoms with Gasteiger partial charge in [-0.15, -0.1) is 11.3 Å². The minimum Gasteiger partial charge on any atom is -0.476 e. The number of aromatic nitrogens is 1. The zero-order chi connectivity index (χ0) is 13.7. The summed E-state index contributed by atoms with van der Waals surface area (Å²) in [4.78, 5) is 26.0. The van der Waals surface area contributed by atoms with Gasteiger partial charge < -0.3 is 15.2 Å². The van der Waals surface area contributed by atoms with Crippen molar-refractivity contribution in [1.29, 1.82) is 0 Å². The van der Waals surface area contributed by atoms with Crippen molar-refractivity contribution in [2.75, 3.05) is 13.2 Å². The molecule has 0 unspecified atom stereocenters. The predicted octanol–water partition coefficient (Wildman–Crippen LogP) is 1.53. The van der Waals surface area contributed by atoms with E-state index in [1.165, 1.54) is 18.2 Å². The highest BCUT2D eigenvalue weighted by molar-refractivity contribution is 7.11. The summed E-state index contributed by atoms with van der Waals surface area (Å²) >= 11 is 1.02. The number of carboxylic acid groups (broad SMARTS) is 1. The van der Waals surface area contributed by atoms with Crippen LogP contribution in [-0.2, 0) is 4.74 Å². The van der Waals surface area contributed by atoms with Crippen LogP contribution in [-0.4, -0.2) is 41.2 Å². The molecule has 2 N–H and O–H groups in total. The van der Waals surface area contributed by atoms with Gasteiger partial charge in [0.25, 0.3) is 5.91 Å². The molecule has 1 amide bonds. The fourth-order valence-corrected chi connectivity index (χ4v) is 2.70. The third-order valence-corrected chi connectivity index (χ3v) is 3.80. The van der Waals surface area contributed by atoms with Crippen LogP contribution < -0.4 is 5.32 Å². The van der Waals surface area contributed by atoms with Crippen molar-refractivity contribution < 1.29 is 19.4 Å². The minimum absolute atomic E-state index is 0.0997. The molecule has 1 saturated carbocycles. The summed E-state index contributed by atoms with van der Waals surface area (Å²) in [7, 11) is 0. The molecule has 104 valence electrons. The standard InChI is InChI=1S/C12H16N2O4S/c15-10(11-14-9(7-19-11)12(16)17)13-5-6-18-8-3-1-2-4-8/h7-8H,1-6H2,(H,13,15)(H,16,17). The molecule has 0 aliphatic heterocycles. The quantitative estimate of drug-likeness (QED) is 0.773. The zero-order valence-corrected chi connectivity index (χ0v) is 11.2. The lowest BCUT2D eigenvalue weighted by Gasteiger charge is -2.10. The Kier molecular flexibility index (Phi) is 4.86. The van der Waals surface area contributed by atoms with Crippen LogP contribution in [0.4, 0.5) is 0 Å². The van der Waals surface area contributed by atoms with Crippen LogP contribution in [0.2, 0.25) is 0 Å². The van der Waals surface area contributed by atoms with Gasteiger partial charge >= 0.3 is 5.97 Å². The monoisotopic (exact) mass is 284 g/mol. The fourth-order valence-electron chi connectivity index (χ4n) is 2.00. The second-order valence-corrected chi connectivity index (χ2v) is 5.23.